The van der Waals surface area contributed by atoms with Crippen molar-refractivity contribution in [1.82, 2.24) is 15.1 Å². The van der Waals surface area contributed by atoms with Gasteiger partial charge in [-0.15, -0.1) is 11.3 Å². The van der Waals surface area contributed by atoms with Gasteiger partial charge in [-0.05, 0) is 56.7 Å². The van der Waals surface area contributed by atoms with E-state index in [9.17, 15) is 0 Å². The largest absolute Gasteiger partial charge is 0.314 e. The van der Waals surface area contributed by atoms with E-state index >= 15 is 0 Å². The highest BCUT2D eigenvalue weighted by atomic mass is 32.1. The van der Waals surface area contributed by atoms with E-state index in [0.29, 0.717) is 0 Å². The van der Waals surface area contributed by atoms with Gasteiger partial charge >= 0.3 is 0 Å². The molecule has 4 heteroatoms. The summed E-state index contributed by atoms with van der Waals surface area (Å²) in [6, 6.07) is 5.07. The number of aryl methyl sites for hydroxylation is 1. The van der Waals surface area contributed by atoms with Crippen LogP contribution in [0.15, 0.2) is 17.5 Å². The minimum absolute atomic E-state index is 0.793. The number of nitrogens with one attached hydrogen (secondary N) is 1. The fourth-order valence-electron chi connectivity index (χ4n) is 2.49. The van der Waals surface area contributed by atoms with Gasteiger partial charge in [-0.3, -0.25) is 4.68 Å². The molecule has 0 radical (unpaired) electrons. The maximum atomic E-state index is 4.69. The molecule has 0 atom stereocenters. The van der Waals surface area contributed by atoms with Crippen LogP contribution in [0.25, 0.3) is 0 Å². The second kappa shape index (κ2) is 5.47. The van der Waals surface area contributed by atoms with Crippen molar-refractivity contribution in [1.29, 1.82) is 0 Å². The van der Waals surface area contributed by atoms with Gasteiger partial charge in [0.15, 0.2) is 0 Å². The Morgan fingerprint density at radius 1 is 1.42 bits per heavy atom. The summed E-state index contributed by atoms with van der Waals surface area (Å²) in [6.45, 7) is 6.31. The molecule has 1 saturated carbocycles. The lowest BCUT2D eigenvalue weighted by molar-refractivity contribution is 0.660. The number of hydrogen-bond acceptors (Lipinski definition) is 3. The monoisotopic (exact) mass is 275 g/mol. The molecule has 2 aromatic rings. The summed E-state index contributed by atoms with van der Waals surface area (Å²) in [7, 11) is 0. The van der Waals surface area contributed by atoms with E-state index in [0.717, 1.165) is 25.6 Å². The maximum absolute atomic E-state index is 4.69. The quantitative estimate of drug-likeness (QED) is 0.878. The number of aromatic nitrogens is 2. The third kappa shape index (κ3) is 3.07. The molecule has 3 nitrogen and oxygen atoms in total. The Morgan fingerprint density at radius 3 is 2.95 bits per heavy atom. The molecule has 2 aromatic heterocycles. The summed E-state index contributed by atoms with van der Waals surface area (Å²) >= 11 is 1.80. The molecule has 0 saturated heterocycles. The second-order valence-corrected chi connectivity index (χ2v) is 6.40. The Labute approximate surface area is 118 Å². The standard InChI is InChI=1S/C15H21N3S/c1-11-15(7-8-16-13-5-6-13)12(2)18(17-11)10-14-4-3-9-19-14/h3-4,9,13,16H,5-8,10H2,1-2H3. The van der Waals surface area contributed by atoms with Gasteiger partial charge in [0, 0.05) is 16.6 Å². The van der Waals surface area contributed by atoms with Crippen molar-refractivity contribution in [3.8, 4) is 0 Å². The lowest BCUT2D eigenvalue weighted by Gasteiger charge is -2.05. The van der Waals surface area contributed by atoms with Crippen LogP contribution in [0, 0.1) is 13.8 Å². The number of thiophene rings is 1. The minimum atomic E-state index is 0.793. The summed E-state index contributed by atoms with van der Waals surface area (Å²) in [5.41, 5.74) is 3.93. The van der Waals surface area contributed by atoms with Crippen molar-refractivity contribution in [2.24, 2.45) is 0 Å². The Balaban J connectivity index is 1.67. The van der Waals surface area contributed by atoms with E-state index in [1.165, 1.54) is 34.7 Å². The summed E-state index contributed by atoms with van der Waals surface area (Å²) in [6.07, 6.45) is 3.81. The molecule has 0 spiro atoms. The molecule has 0 aromatic carbocycles. The van der Waals surface area contributed by atoms with Crippen LogP contribution in [0.3, 0.4) is 0 Å². The Morgan fingerprint density at radius 2 is 2.26 bits per heavy atom. The van der Waals surface area contributed by atoms with Crippen LogP contribution < -0.4 is 5.32 Å². The van der Waals surface area contributed by atoms with Crippen molar-refractivity contribution in [3.63, 3.8) is 0 Å². The maximum Gasteiger partial charge on any atom is 0.0755 e. The van der Waals surface area contributed by atoms with E-state index < -0.39 is 0 Å². The van der Waals surface area contributed by atoms with Crippen molar-refractivity contribution >= 4 is 11.3 Å². The summed E-state index contributed by atoms with van der Waals surface area (Å²) in [5, 5.41) is 10.4. The molecular formula is C15H21N3S. The predicted octanol–water partition coefficient (Wildman–Crippen LogP) is 2.90. The van der Waals surface area contributed by atoms with Gasteiger partial charge in [0.05, 0.1) is 12.2 Å². The molecule has 1 aliphatic carbocycles. The van der Waals surface area contributed by atoms with E-state index in [1.54, 1.807) is 11.3 Å². The van der Waals surface area contributed by atoms with Crippen LogP contribution in [0.2, 0.25) is 0 Å². The van der Waals surface area contributed by atoms with Crippen LogP contribution in [0.5, 0.6) is 0 Å². The molecule has 1 N–H and O–H groups in total. The molecule has 1 aliphatic rings. The van der Waals surface area contributed by atoms with Crippen LogP contribution in [0.1, 0.15) is 34.7 Å². The van der Waals surface area contributed by atoms with Gasteiger partial charge < -0.3 is 5.32 Å². The SMILES string of the molecule is Cc1nn(Cc2cccs2)c(C)c1CCNC1CC1. The Hall–Kier alpha value is -1.13. The lowest BCUT2D eigenvalue weighted by Crippen LogP contribution is -2.19. The Bertz CT molecular complexity index is 538. The third-order valence-corrected chi connectivity index (χ3v) is 4.66. The topological polar surface area (TPSA) is 29.9 Å². The van der Waals surface area contributed by atoms with Gasteiger partial charge in [0.25, 0.3) is 0 Å². The average molecular weight is 275 g/mol. The van der Waals surface area contributed by atoms with Gasteiger partial charge in [0.1, 0.15) is 0 Å². The fourth-order valence-corrected chi connectivity index (χ4v) is 3.17. The molecule has 2 heterocycles. The zero-order valence-corrected chi connectivity index (χ0v) is 12.5. The first kappa shape index (κ1) is 12.9. The van der Waals surface area contributed by atoms with Crippen molar-refractivity contribution in [3.05, 3.63) is 39.3 Å². The van der Waals surface area contributed by atoms with E-state index in [4.69, 9.17) is 5.10 Å². The lowest BCUT2D eigenvalue weighted by atomic mass is 10.1. The second-order valence-electron chi connectivity index (χ2n) is 5.36. The fraction of sp³-hybridized carbons (Fsp3) is 0.533. The smallest absolute Gasteiger partial charge is 0.0755 e. The molecule has 0 aliphatic heterocycles. The number of rotatable bonds is 6. The molecule has 1 fully saturated rings. The highest BCUT2D eigenvalue weighted by molar-refractivity contribution is 7.09. The molecule has 0 amide bonds. The number of nitrogens with zero attached hydrogens (tertiary/aromatic N) is 2. The average Bonchev–Trinajstić information content (AvgIpc) is 3.00. The van der Waals surface area contributed by atoms with E-state index in [1.807, 2.05) is 0 Å². The Kier molecular flexibility index (Phi) is 3.71. The molecular weight excluding hydrogens is 254 g/mol. The molecule has 19 heavy (non-hydrogen) atoms. The van der Waals surface area contributed by atoms with E-state index in [-0.39, 0.29) is 0 Å². The number of hydrogen-bond donors (Lipinski definition) is 1. The minimum Gasteiger partial charge on any atom is -0.314 e. The van der Waals surface area contributed by atoms with E-state index in [2.05, 4.69) is 41.4 Å². The van der Waals surface area contributed by atoms with Gasteiger partial charge in [-0.1, -0.05) is 6.07 Å². The van der Waals surface area contributed by atoms with Crippen LogP contribution in [-0.2, 0) is 13.0 Å². The summed E-state index contributed by atoms with van der Waals surface area (Å²) in [5.74, 6) is 0. The molecule has 0 unspecified atom stereocenters. The first-order valence-electron chi connectivity index (χ1n) is 7.02. The van der Waals surface area contributed by atoms with Gasteiger partial charge in [-0.2, -0.15) is 5.10 Å². The van der Waals surface area contributed by atoms with Crippen molar-refractivity contribution < 1.29 is 0 Å². The van der Waals surface area contributed by atoms with Crippen LogP contribution in [-0.4, -0.2) is 22.4 Å². The van der Waals surface area contributed by atoms with Crippen LogP contribution in [0.4, 0.5) is 0 Å². The summed E-state index contributed by atoms with van der Waals surface area (Å²) in [4.78, 5) is 1.37. The van der Waals surface area contributed by atoms with Crippen molar-refractivity contribution in [2.75, 3.05) is 6.54 Å². The zero-order valence-electron chi connectivity index (χ0n) is 11.6. The molecule has 3 rings (SSSR count). The van der Waals surface area contributed by atoms with Gasteiger partial charge in [-0.25, -0.2) is 0 Å². The highest BCUT2D eigenvalue weighted by Gasteiger charge is 2.20. The first-order valence-corrected chi connectivity index (χ1v) is 7.90. The first-order chi connectivity index (χ1) is 9.24. The predicted molar refractivity (Wildman–Crippen MR) is 79.9 cm³/mol. The summed E-state index contributed by atoms with van der Waals surface area (Å²) < 4.78 is 2.15. The highest BCUT2D eigenvalue weighted by Crippen LogP contribution is 2.20. The molecule has 0 bridgehead atoms. The van der Waals surface area contributed by atoms with Crippen molar-refractivity contribution in [2.45, 2.75) is 45.7 Å². The van der Waals surface area contributed by atoms with Crippen LogP contribution >= 0.6 is 11.3 Å². The zero-order chi connectivity index (χ0) is 13.2. The van der Waals surface area contributed by atoms with Gasteiger partial charge in [0.2, 0.25) is 0 Å². The molecule has 102 valence electrons. The normalized spacial score (nSPS) is 15.1. The third-order valence-electron chi connectivity index (χ3n) is 3.80.